The molecule has 2 heterocycles. The Bertz CT molecular complexity index is 433. The van der Waals surface area contributed by atoms with E-state index in [1.165, 1.54) is 11.3 Å². The summed E-state index contributed by atoms with van der Waals surface area (Å²) in [5.41, 5.74) is 0. The van der Waals surface area contributed by atoms with Crippen molar-refractivity contribution in [1.29, 1.82) is 0 Å². The zero-order valence-corrected chi connectivity index (χ0v) is 14.6. The number of hydrogen-bond donors (Lipinski definition) is 1. The van der Waals surface area contributed by atoms with E-state index >= 15 is 0 Å². The molecule has 1 aromatic heterocycles. The summed E-state index contributed by atoms with van der Waals surface area (Å²) in [6.07, 6.45) is 0.0875. The van der Waals surface area contributed by atoms with Gasteiger partial charge in [-0.15, -0.1) is 11.3 Å². The molecule has 1 atom stereocenters. The second kappa shape index (κ2) is 7.17. The molecule has 0 spiro atoms. The number of morpholine rings is 1. The number of nitrogens with one attached hydrogen (secondary N) is 1. The van der Waals surface area contributed by atoms with Crippen LogP contribution in [0.25, 0.3) is 0 Å². The summed E-state index contributed by atoms with van der Waals surface area (Å²) in [6, 6.07) is 1.82. The normalized spacial score (nSPS) is 20.5. The fourth-order valence-electron chi connectivity index (χ4n) is 1.94. The second-order valence-corrected chi connectivity index (χ2v) is 7.55. The summed E-state index contributed by atoms with van der Waals surface area (Å²) in [7, 11) is 0. The van der Waals surface area contributed by atoms with Gasteiger partial charge in [0, 0.05) is 24.1 Å². The maximum atomic E-state index is 12.0. The van der Waals surface area contributed by atoms with E-state index in [-0.39, 0.29) is 12.0 Å². The first kappa shape index (κ1) is 15.4. The van der Waals surface area contributed by atoms with E-state index in [1.54, 1.807) is 0 Å². The van der Waals surface area contributed by atoms with Crippen molar-refractivity contribution in [2.24, 2.45) is 0 Å². The molecule has 1 saturated heterocycles. The average Bonchev–Trinajstić information content (AvgIpc) is 2.76. The summed E-state index contributed by atoms with van der Waals surface area (Å²) in [5.74, 6) is -0.0476. The molecule has 19 heavy (non-hydrogen) atoms. The minimum absolute atomic E-state index is 0.0476. The molecule has 1 aliphatic heterocycles. The molecular formula is C12H16Br2N2O2S. The summed E-state index contributed by atoms with van der Waals surface area (Å²) >= 11 is 8.19. The van der Waals surface area contributed by atoms with Crippen molar-refractivity contribution in [2.45, 2.75) is 13.0 Å². The number of ether oxygens (including phenoxy) is 1. The number of hydrogen-bond acceptors (Lipinski definition) is 4. The van der Waals surface area contributed by atoms with Gasteiger partial charge in [-0.1, -0.05) is 6.92 Å². The number of likely N-dealkylation sites (N-methyl/N-ethyl adjacent to an activating group) is 1. The van der Waals surface area contributed by atoms with E-state index in [0.29, 0.717) is 11.4 Å². The molecule has 106 valence electrons. The van der Waals surface area contributed by atoms with Gasteiger partial charge in [0.2, 0.25) is 0 Å². The fraction of sp³-hybridized carbons (Fsp3) is 0.583. The number of thiophene rings is 1. The third-order valence-electron chi connectivity index (χ3n) is 3.03. The zero-order chi connectivity index (χ0) is 13.8. The molecular weight excluding hydrogens is 396 g/mol. The molecule has 2 rings (SSSR count). The van der Waals surface area contributed by atoms with Crippen LogP contribution in [0.1, 0.15) is 16.6 Å². The number of carbonyl (C=O) groups is 1. The molecule has 0 saturated carbocycles. The van der Waals surface area contributed by atoms with Crippen LogP contribution in [0.3, 0.4) is 0 Å². The Morgan fingerprint density at radius 1 is 1.63 bits per heavy atom. The Morgan fingerprint density at radius 2 is 2.42 bits per heavy atom. The van der Waals surface area contributed by atoms with Gasteiger partial charge in [-0.3, -0.25) is 9.69 Å². The molecule has 0 radical (unpaired) electrons. The maximum Gasteiger partial charge on any atom is 0.261 e. The van der Waals surface area contributed by atoms with Gasteiger partial charge >= 0.3 is 0 Å². The van der Waals surface area contributed by atoms with Crippen LogP contribution in [0.5, 0.6) is 0 Å². The van der Waals surface area contributed by atoms with E-state index in [0.717, 1.165) is 34.5 Å². The summed E-state index contributed by atoms with van der Waals surface area (Å²) in [5, 5.41) is 2.93. The summed E-state index contributed by atoms with van der Waals surface area (Å²) in [4.78, 5) is 15.0. The van der Waals surface area contributed by atoms with Crippen LogP contribution < -0.4 is 5.32 Å². The predicted octanol–water partition coefficient (Wildman–Crippen LogP) is 2.72. The number of halogens is 2. The van der Waals surface area contributed by atoms with E-state index in [9.17, 15) is 4.79 Å². The molecule has 1 aliphatic rings. The van der Waals surface area contributed by atoms with Gasteiger partial charge in [0.05, 0.1) is 21.4 Å². The average molecular weight is 412 g/mol. The Labute approximate surface area is 133 Å². The van der Waals surface area contributed by atoms with E-state index in [4.69, 9.17) is 4.74 Å². The number of carbonyl (C=O) groups excluding carboxylic acids is 1. The largest absolute Gasteiger partial charge is 0.374 e. The van der Waals surface area contributed by atoms with Crippen molar-refractivity contribution in [2.75, 3.05) is 32.8 Å². The third-order valence-corrected chi connectivity index (χ3v) is 6.28. The molecule has 1 aromatic rings. The minimum Gasteiger partial charge on any atom is -0.374 e. The Kier molecular flexibility index (Phi) is 5.83. The molecule has 1 fully saturated rings. The Hall–Kier alpha value is 0.0500. The fourth-order valence-corrected chi connectivity index (χ4v) is 3.90. The van der Waals surface area contributed by atoms with Crippen LogP contribution in [0.15, 0.2) is 14.3 Å². The first-order valence-electron chi connectivity index (χ1n) is 6.17. The number of amides is 1. The molecule has 4 nitrogen and oxygen atoms in total. The van der Waals surface area contributed by atoms with Gasteiger partial charge in [-0.25, -0.2) is 0 Å². The third kappa shape index (κ3) is 4.26. The van der Waals surface area contributed by atoms with Crippen molar-refractivity contribution >= 4 is 49.1 Å². The van der Waals surface area contributed by atoms with Gasteiger partial charge in [0.1, 0.15) is 0 Å². The van der Waals surface area contributed by atoms with Gasteiger partial charge in [0.15, 0.2) is 0 Å². The lowest BCUT2D eigenvalue weighted by Gasteiger charge is -2.32. The molecule has 7 heteroatoms. The van der Waals surface area contributed by atoms with E-state index < -0.39 is 0 Å². The Balaban J connectivity index is 1.83. The highest BCUT2D eigenvalue weighted by atomic mass is 79.9. The van der Waals surface area contributed by atoms with Gasteiger partial charge in [-0.05, 0) is 44.5 Å². The van der Waals surface area contributed by atoms with Crippen molar-refractivity contribution in [3.8, 4) is 0 Å². The standard InChI is InChI=1S/C12H16Br2N2O2S/c1-2-16-3-4-18-8(7-16)6-15-12(17)10-5-9(13)11(14)19-10/h5,8H,2-4,6-7H2,1H3,(H,15,17). The number of nitrogens with zero attached hydrogens (tertiary/aromatic N) is 1. The van der Waals surface area contributed by atoms with E-state index in [2.05, 4.69) is 49.0 Å². The lowest BCUT2D eigenvalue weighted by molar-refractivity contribution is -0.0245. The minimum atomic E-state index is -0.0476. The second-order valence-electron chi connectivity index (χ2n) is 4.33. The van der Waals surface area contributed by atoms with E-state index in [1.807, 2.05) is 6.07 Å². The first-order chi connectivity index (χ1) is 9.10. The van der Waals surface area contributed by atoms with Crippen molar-refractivity contribution < 1.29 is 9.53 Å². The van der Waals surface area contributed by atoms with Gasteiger partial charge < -0.3 is 10.1 Å². The summed E-state index contributed by atoms with van der Waals surface area (Å²) < 4.78 is 7.50. The molecule has 1 N–H and O–H groups in total. The molecule has 1 amide bonds. The predicted molar refractivity (Wildman–Crippen MR) is 83.9 cm³/mol. The zero-order valence-electron chi connectivity index (χ0n) is 10.6. The van der Waals surface area contributed by atoms with Crippen molar-refractivity contribution in [3.05, 3.63) is 19.2 Å². The quantitative estimate of drug-likeness (QED) is 0.828. The van der Waals surface area contributed by atoms with Gasteiger partial charge in [0.25, 0.3) is 5.91 Å². The van der Waals surface area contributed by atoms with Crippen LogP contribution in [0.2, 0.25) is 0 Å². The van der Waals surface area contributed by atoms with Crippen LogP contribution in [-0.4, -0.2) is 49.7 Å². The molecule has 0 bridgehead atoms. The highest BCUT2D eigenvalue weighted by Gasteiger charge is 2.20. The van der Waals surface area contributed by atoms with Crippen molar-refractivity contribution in [3.63, 3.8) is 0 Å². The molecule has 0 aromatic carbocycles. The van der Waals surface area contributed by atoms with Crippen LogP contribution in [0, 0.1) is 0 Å². The topological polar surface area (TPSA) is 41.6 Å². The SMILES string of the molecule is CCN1CCOC(CNC(=O)c2cc(Br)c(Br)s2)C1. The van der Waals surface area contributed by atoms with Crippen LogP contribution >= 0.6 is 43.2 Å². The number of rotatable bonds is 4. The highest BCUT2D eigenvalue weighted by molar-refractivity contribution is 9.13. The Morgan fingerprint density at radius 3 is 3.05 bits per heavy atom. The van der Waals surface area contributed by atoms with Crippen molar-refractivity contribution in [1.82, 2.24) is 10.2 Å². The molecule has 1 unspecified atom stereocenters. The highest BCUT2D eigenvalue weighted by Crippen LogP contribution is 2.32. The lowest BCUT2D eigenvalue weighted by Crippen LogP contribution is -2.47. The molecule has 0 aliphatic carbocycles. The smallest absolute Gasteiger partial charge is 0.261 e. The monoisotopic (exact) mass is 410 g/mol. The lowest BCUT2D eigenvalue weighted by atomic mass is 10.2. The maximum absolute atomic E-state index is 12.0. The first-order valence-corrected chi connectivity index (χ1v) is 8.57. The van der Waals surface area contributed by atoms with Crippen LogP contribution in [0.4, 0.5) is 0 Å². The summed E-state index contributed by atoms with van der Waals surface area (Å²) in [6.45, 7) is 6.33. The van der Waals surface area contributed by atoms with Crippen LogP contribution in [-0.2, 0) is 4.74 Å². The van der Waals surface area contributed by atoms with Gasteiger partial charge in [-0.2, -0.15) is 0 Å².